The molecule has 1 aliphatic rings. The number of benzene rings is 2. The summed E-state index contributed by atoms with van der Waals surface area (Å²) < 4.78 is 27.7. The van der Waals surface area contributed by atoms with Gasteiger partial charge < -0.3 is 14.6 Å². The number of nitrogens with zero attached hydrogens (tertiary/aromatic N) is 5. The van der Waals surface area contributed by atoms with Gasteiger partial charge in [0.25, 0.3) is 11.5 Å². The monoisotopic (exact) mass is 509 g/mol. The second-order valence-corrected chi connectivity index (χ2v) is 10.3. The van der Waals surface area contributed by atoms with Crippen LogP contribution in [-0.2, 0) is 17.7 Å². The van der Waals surface area contributed by atoms with Crippen LogP contribution in [0.3, 0.4) is 0 Å². The van der Waals surface area contributed by atoms with Gasteiger partial charge in [0.05, 0.1) is 24.0 Å². The number of hydrogen-bond acceptors (Lipinski definition) is 6. The first-order valence-corrected chi connectivity index (χ1v) is 12.9. The van der Waals surface area contributed by atoms with Crippen molar-refractivity contribution in [1.29, 1.82) is 0 Å². The molecule has 1 unspecified atom stereocenters. The molecule has 0 radical (unpaired) electrons. The summed E-state index contributed by atoms with van der Waals surface area (Å²) in [6.45, 7) is 0.663. The van der Waals surface area contributed by atoms with E-state index < -0.39 is 22.6 Å². The molecule has 1 fully saturated rings. The number of carbonyl (C=O) groups is 1. The van der Waals surface area contributed by atoms with Crippen LogP contribution in [0.1, 0.15) is 23.2 Å². The molecule has 11 heteroatoms. The minimum absolute atomic E-state index is 0.0372. The lowest BCUT2D eigenvalue weighted by molar-refractivity contribution is -0.0299. The van der Waals surface area contributed by atoms with Crippen molar-refractivity contribution in [3.63, 3.8) is 0 Å². The van der Waals surface area contributed by atoms with Crippen LogP contribution in [0.5, 0.6) is 0 Å². The van der Waals surface area contributed by atoms with Crippen LogP contribution in [0.15, 0.2) is 70.7 Å². The molecule has 3 heterocycles. The highest BCUT2D eigenvalue weighted by Crippen LogP contribution is 2.25. The van der Waals surface area contributed by atoms with Gasteiger partial charge in [-0.1, -0.05) is 0 Å². The molecule has 1 atom stereocenters. The third-order valence-corrected chi connectivity index (χ3v) is 7.44. The Morgan fingerprint density at radius 1 is 1.14 bits per heavy atom. The zero-order valence-corrected chi connectivity index (χ0v) is 20.3. The Balaban J connectivity index is 1.31. The van der Waals surface area contributed by atoms with Crippen molar-refractivity contribution in [1.82, 2.24) is 24.2 Å². The molecule has 1 amide bonds. The molecule has 5 rings (SSSR count). The zero-order valence-electron chi connectivity index (χ0n) is 19.5. The SMILES string of the molecule is C[S+]([O-])c1ccc(-n2ncc3c(=O)n(CC4(O)CCN(C(=O)c5ccc(F)cc5)CC4)cnc32)cc1. The maximum Gasteiger partial charge on any atom is 0.264 e. The first-order valence-electron chi connectivity index (χ1n) is 11.4. The summed E-state index contributed by atoms with van der Waals surface area (Å²) in [4.78, 5) is 32.5. The van der Waals surface area contributed by atoms with Gasteiger partial charge in [0.1, 0.15) is 23.8 Å². The standard InChI is InChI=1S/C25H24FN5O4S/c1-36(35)20-8-6-19(7-9-20)31-22-21(14-28-31)24(33)30(16-27-22)15-25(34)10-12-29(13-11-25)23(32)17-2-4-18(26)5-3-17/h2-9,14,16,34H,10-13,15H2,1H3. The Labute approximate surface area is 209 Å². The van der Waals surface area contributed by atoms with E-state index in [1.165, 1.54) is 46.0 Å². The number of aliphatic hydroxyl groups is 1. The van der Waals surface area contributed by atoms with Crippen molar-refractivity contribution in [3.05, 3.63) is 82.8 Å². The second kappa shape index (κ2) is 9.49. The fourth-order valence-corrected chi connectivity index (χ4v) is 4.92. The van der Waals surface area contributed by atoms with Gasteiger partial charge in [-0.3, -0.25) is 14.2 Å². The number of piperidine rings is 1. The van der Waals surface area contributed by atoms with Crippen molar-refractivity contribution < 1.29 is 18.8 Å². The summed E-state index contributed by atoms with van der Waals surface area (Å²) in [5.74, 6) is -0.629. The average Bonchev–Trinajstić information content (AvgIpc) is 3.31. The van der Waals surface area contributed by atoms with Crippen LogP contribution in [-0.4, -0.2) is 64.7 Å². The Bertz CT molecular complexity index is 1460. The molecule has 4 aromatic rings. The normalized spacial score (nSPS) is 16.3. The summed E-state index contributed by atoms with van der Waals surface area (Å²) in [5.41, 5.74) is -0.0486. The molecule has 9 nitrogen and oxygen atoms in total. The van der Waals surface area contributed by atoms with Crippen molar-refractivity contribution in [3.8, 4) is 5.69 Å². The lowest BCUT2D eigenvalue weighted by Crippen LogP contribution is -2.49. The van der Waals surface area contributed by atoms with E-state index in [-0.39, 0.29) is 30.9 Å². The van der Waals surface area contributed by atoms with E-state index in [0.29, 0.717) is 40.3 Å². The van der Waals surface area contributed by atoms with Crippen LogP contribution in [0, 0.1) is 5.82 Å². The van der Waals surface area contributed by atoms with Gasteiger partial charge in [0.15, 0.2) is 10.5 Å². The smallest absolute Gasteiger partial charge is 0.264 e. The maximum absolute atomic E-state index is 13.2. The summed E-state index contributed by atoms with van der Waals surface area (Å²) in [7, 11) is 0. The highest BCUT2D eigenvalue weighted by Gasteiger charge is 2.35. The highest BCUT2D eigenvalue weighted by atomic mass is 32.2. The number of hydrogen-bond donors (Lipinski definition) is 1. The summed E-state index contributed by atoms with van der Waals surface area (Å²) in [6, 6.07) is 12.4. The van der Waals surface area contributed by atoms with Gasteiger partial charge in [-0.2, -0.15) is 5.10 Å². The second-order valence-electron chi connectivity index (χ2n) is 8.94. The zero-order chi connectivity index (χ0) is 25.4. The Morgan fingerprint density at radius 2 is 1.81 bits per heavy atom. The number of aromatic nitrogens is 4. The maximum atomic E-state index is 13.2. The molecular weight excluding hydrogens is 485 g/mol. The molecule has 1 N–H and O–H groups in total. The average molecular weight is 510 g/mol. The van der Waals surface area contributed by atoms with Crippen LogP contribution in [0.2, 0.25) is 0 Å². The van der Waals surface area contributed by atoms with Crippen LogP contribution >= 0.6 is 0 Å². The number of fused-ring (bicyclic) bond motifs is 1. The van der Waals surface area contributed by atoms with E-state index >= 15 is 0 Å². The molecule has 1 aliphatic heterocycles. The van der Waals surface area contributed by atoms with E-state index in [4.69, 9.17) is 0 Å². The number of amides is 1. The fraction of sp³-hybridized carbons (Fsp3) is 0.280. The topological polar surface area (TPSA) is 116 Å². The van der Waals surface area contributed by atoms with Gasteiger partial charge in [-0.15, -0.1) is 0 Å². The third kappa shape index (κ3) is 4.64. The molecule has 2 aromatic carbocycles. The number of rotatable bonds is 5. The molecule has 186 valence electrons. The van der Waals surface area contributed by atoms with Gasteiger partial charge in [0.2, 0.25) is 0 Å². The van der Waals surface area contributed by atoms with E-state index in [2.05, 4.69) is 10.1 Å². The van der Waals surface area contributed by atoms with E-state index in [1.807, 2.05) is 0 Å². The molecule has 0 aliphatic carbocycles. The quantitative estimate of drug-likeness (QED) is 0.412. The molecule has 1 saturated heterocycles. The molecule has 0 bridgehead atoms. The first-order chi connectivity index (χ1) is 17.2. The van der Waals surface area contributed by atoms with Crippen molar-refractivity contribution in [2.45, 2.75) is 29.9 Å². The van der Waals surface area contributed by atoms with E-state index in [1.54, 1.807) is 35.4 Å². The van der Waals surface area contributed by atoms with Crippen LogP contribution < -0.4 is 5.56 Å². The minimum Gasteiger partial charge on any atom is -0.612 e. The Kier molecular flexibility index (Phi) is 6.37. The number of halogens is 1. The predicted octanol–water partition coefficient (Wildman–Crippen LogP) is 2.13. The van der Waals surface area contributed by atoms with Crippen LogP contribution in [0.4, 0.5) is 4.39 Å². The van der Waals surface area contributed by atoms with Gasteiger partial charge in [0, 0.05) is 18.7 Å². The third-order valence-electron chi connectivity index (χ3n) is 6.50. The van der Waals surface area contributed by atoms with Gasteiger partial charge >= 0.3 is 0 Å². The summed E-state index contributed by atoms with van der Waals surface area (Å²) in [5, 5.41) is 15.8. The van der Waals surface area contributed by atoms with Crippen molar-refractivity contribution in [2.24, 2.45) is 0 Å². The molecular formula is C25H24FN5O4S. The Hall–Kier alpha value is -3.54. The van der Waals surface area contributed by atoms with Crippen molar-refractivity contribution >= 4 is 28.1 Å². The van der Waals surface area contributed by atoms with E-state index in [9.17, 15) is 23.6 Å². The Morgan fingerprint density at radius 3 is 2.44 bits per heavy atom. The molecule has 0 spiro atoms. The van der Waals surface area contributed by atoms with E-state index in [0.717, 1.165) is 0 Å². The highest BCUT2D eigenvalue weighted by molar-refractivity contribution is 7.90. The molecule has 36 heavy (non-hydrogen) atoms. The lowest BCUT2D eigenvalue weighted by atomic mass is 9.91. The minimum atomic E-state index is -1.18. The largest absolute Gasteiger partial charge is 0.612 e. The van der Waals surface area contributed by atoms with Gasteiger partial charge in [-0.25, -0.2) is 14.1 Å². The van der Waals surface area contributed by atoms with Crippen LogP contribution in [0.25, 0.3) is 16.7 Å². The number of likely N-dealkylation sites (tertiary alicyclic amines) is 1. The fourth-order valence-electron chi connectivity index (χ4n) is 4.41. The lowest BCUT2D eigenvalue weighted by Gasteiger charge is -2.38. The van der Waals surface area contributed by atoms with Gasteiger partial charge in [-0.05, 0) is 72.5 Å². The molecule has 0 saturated carbocycles. The first kappa shape index (κ1) is 24.2. The molecule has 2 aromatic heterocycles. The van der Waals surface area contributed by atoms with Crippen molar-refractivity contribution in [2.75, 3.05) is 19.3 Å². The summed E-state index contributed by atoms with van der Waals surface area (Å²) >= 11 is -1.10. The number of carbonyl (C=O) groups excluding carboxylic acids is 1. The summed E-state index contributed by atoms with van der Waals surface area (Å²) in [6.07, 6.45) is 5.01. The predicted molar refractivity (Wildman–Crippen MR) is 132 cm³/mol.